The molecule has 0 aromatic heterocycles. The van der Waals surface area contributed by atoms with Crippen molar-refractivity contribution in [2.24, 2.45) is 17.2 Å². The first kappa shape index (κ1) is 83.3. The monoisotopic (exact) mass is 618 g/mol. The van der Waals surface area contributed by atoms with Crippen LogP contribution in [-0.4, -0.2) is 126 Å². The van der Waals surface area contributed by atoms with Crippen LogP contribution in [0.3, 0.4) is 0 Å². The maximum absolute atomic E-state index is 8.51. The molecule has 0 aromatic rings. The van der Waals surface area contributed by atoms with Crippen LogP contribution in [0.1, 0.15) is 97.8 Å². The second kappa shape index (κ2) is 83.2. The molecule has 0 aromatic carbocycles. The van der Waals surface area contributed by atoms with Gasteiger partial charge in [0, 0.05) is 37.9 Å². The number of aliphatic hydroxyl groups is 5. The lowest BCUT2D eigenvalue weighted by Gasteiger charge is -2.05. The van der Waals surface area contributed by atoms with Crippen molar-refractivity contribution in [2.75, 3.05) is 33.0 Å². The lowest BCUT2D eigenvalue weighted by Crippen LogP contribution is -2.24. The first-order valence-corrected chi connectivity index (χ1v) is 12.1. The summed E-state index contributed by atoms with van der Waals surface area (Å²) in [6.45, 7) is 7.19. The van der Waals surface area contributed by atoms with E-state index in [1.807, 2.05) is 0 Å². The fourth-order valence-electron chi connectivity index (χ4n) is 2.12. The third-order valence-corrected chi connectivity index (χ3v) is 4.21. The summed E-state index contributed by atoms with van der Waals surface area (Å²) in [5, 5.41) is 41.6. The molecule has 0 aliphatic rings. The summed E-state index contributed by atoms with van der Waals surface area (Å²) in [6, 6.07) is 0.263. The fourth-order valence-corrected chi connectivity index (χ4v) is 2.12. The van der Waals surface area contributed by atoms with Crippen molar-refractivity contribution in [1.82, 2.24) is 0 Å². The van der Waals surface area contributed by atoms with Gasteiger partial charge in [0.25, 0.3) is 0 Å². The quantitative estimate of drug-likeness (QED) is 0.0769. The van der Waals surface area contributed by atoms with Crippen LogP contribution in [-0.2, 0) is 0 Å². The van der Waals surface area contributed by atoms with Crippen LogP contribution in [0.15, 0.2) is 0 Å². The molecule has 0 saturated carbocycles. The van der Waals surface area contributed by atoms with Gasteiger partial charge in [0.15, 0.2) is 0 Å². The molecule has 0 aliphatic heterocycles. The van der Waals surface area contributed by atoms with Gasteiger partial charge in [0.1, 0.15) is 0 Å². The Bertz CT molecular complexity index is 289. The molecule has 3 atom stereocenters. The third kappa shape index (κ3) is 119. The molecule has 40 heavy (non-hydrogen) atoms. The first-order valence-electron chi connectivity index (χ1n) is 12.1. The van der Waals surface area contributed by atoms with Gasteiger partial charge < -0.3 is 92.0 Å². The molecule has 0 spiro atoms. The number of hydrogen-bond donors (Lipinski definition) is 8. The van der Waals surface area contributed by atoms with Crippen molar-refractivity contribution < 1.29 is 74.8 Å². The predicted molar refractivity (Wildman–Crippen MR) is 164 cm³/mol. The number of rotatable bonds is 16. The molecule has 266 valence electrons. The number of unbranched alkanes of at least 4 members (excludes halogenated alkanes) is 5. The van der Waals surface area contributed by atoms with E-state index in [0.29, 0.717) is 18.9 Å². The van der Waals surface area contributed by atoms with Crippen molar-refractivity contribution in [3.63, 3.8) is 0 Å². The van der Waals surface area contributed by atoms with Crippen LogP contribution >= 0.6 is 0 Å². The minimum atomic E-state index is -0.151. The molecule has 0 rings (SSSR count). The molecule has 0 aliphatic carbocycles. The van der Waals surface area contributed by atoms with Gasteiger partial charge in [0.2, 0.25) is 0 Å². The molecule has 29 N–H and O–H groups in total. The minimum absolute atomic E-state index is 0. The normalized spacial score (nSPS) is 9.97. The van der Waals surface area contributed by atoms with Gasteiger partial charge in [0.05, 0.1) is 13.2 Å². The maximum atomic E-state index is 8.51. The molecule has 0 saturated heterocycles. The molecule has 17 nitrogen and oxygen atoms in total. The van der Waals surface area contributed by atoms with Gasteiger partial charge >= 0.3 is 0 Å². The average Bonchev–Trinajstić information content (AvgIpc) is 2.77. The summed E-state index contributed by atoms with van der Waals surface area (Å²) in [7, 11) is 0. The average molecular weight is 618 g/mol. The van der Waals surface area contributed by atoms with Gasteiger partial charge in [-0.1, -0.05) is 46.0 Å². The van der Waals surface area contributed by atoms with Crippen molar-refractivity contribution in [3.8, 4) is 0 Å². The standard InChI is InChI=1S/C7H17NO.C6H15N.C5H13NO2.C5H12O2.9H2O/c1-2-3-4-5-7(8)6-9;1-3-4-5-6(2)7;6-5(4-8)2-1-3-7;6-4-2-1-3-5-7;;;;;;;;;/h7,9H,2-6,8H2,1H3;6H,3-5,7H2,1-2H3;5,7-8H,1-4,6H2;6-7H,1-5H2;9*1H2/t7-;;;;;;;;;;;;/m0............/s1. The zero-order valence-corrected chi connectivity index (χ0v) is 25.2. The Morgan fingerprint density at radius 2 is 0.750 bits per heavy atom. The van der Waals surface area contributed by atoms with E-state index in [1.165, 1.54) is 32.1 Å². The van der Waals surface area contributed by atoms with E-state index in [0.717, 1.165) is 32.1 Å². The zero-order valence-electron chi connectivity index (χ0n) is 25.2. The Morgan fingerprint density at radius 3 is 0.975 bits per heavy atom. The van der Waals surface area contributed by atoms with Gasteiger partial charge in [-0.2, -0.15) is 0 Å². The van der Waals surface area contributed by atoms with Gasteiger partial charge in [-0.25, -0.2) is 0 Å². The van der Waals surface area contributed by atoms with E-state index in [2.05, 4.69) is 20.8 Å². The second-order valence-electron chi connectivity index (χ2n) is 7.87. The van der Waals surface area contributed by atoms with Crippen LogP contribution in [0.4, 0.5) is 0 Å². The predicted octanol–water partition coefficient (Wildman–Crippen LogP) is -5.79. The van der Waals surface area contributed by atoms with Crippen LogP contribution in [0.5, 0.6) is 0 Å². The number of hydrogen-bond acceptors (Lipinski definition) is 8. The Kier molecular flexibility index (Phi) is 173. The van der Waals surface area contributed by atoms with Crippen LogP contribution in [0.25, 0.3) is 0 Å². The van der Waals surface area contributed by atoms with E-state index < -0.39 is 0 Å². The summed E-state index contributed by atoms with van der Waals surface area (Å²) in [5.74, 6) is 0. The minimum Gasteiger partial charge on any atom is -0.412 e. The molecule has 2 unspecified atom stereocenters. The smallest absolute Gasteiger partial charge is 0.0582 e. The summed E-state index contributed by atoms with van der Waals surface area (Å²) in [6.07, 6.45) is 12.2. The second-order valence-corrected chi connectivity index (χ2v) is 7.87. The maximum Gasteiger partial charge on any atom is 0.0582 e. The van der Waals surface area contributed by atoms with E-state index in [4.69, 9.17) is 42.7 Å². The van der Waals surface area contributed by atoms with Crippen molar-refractivity contribution in [1.29, 1.82) is 0 Å². The highest BCUT2D eigenvalue weighted by atomic mass is 16.3. The van der Waals surface area contributed by atoms with Gasteiger partial charge in [-0.3, -0.25) is 0 Å². The van der Waals surface area contributed by atoms with Gasteiger partial charge in [-0.05, 0) is 51.9 Å². The third-order valence-electron chi connectivity index (χ3n) is 4.21. The molecule has 0 amide bonds. The first-order chi connectivity index (χ1) is 14.8. The molecule has 0 heterocycles. The van der Waals surface area contributed by atoms with Crippen LogP contribution in [0, 0.1) is 0 Å². The van der Waals surface area contributed by atoms with E-state index in [9.17, 15) is 0 Å². The van der Waals surface area contributed by atoms with Crippen molar-refractivity contribution >= 4 is 0 Å². The fraction of sp³-hybridized carbons (Fsp3) is 1.00. The number of aliphatic hydroxyl groups excluding tert-OH is 5. The summed E-state index contributed by atoms with van der Waals surface area (Å²) in [4.78, 5) is 0. The van der Waals surface area contributed by atoms with Crippen molar-refractivity contribution in [2.45, 2.75) is 116 Å². The van der Waals surface area contributed by atoms with E-state index in [-0.39, 0.29) is 94.4 Å². The largest absolute Gasteiger partial charge is 0.412 e. The Balaban J connectivity index is -0.0000000206. The topological polar surface area (TPSA) is 463 Å². The highest BCUT2D eigenvalue weighted by Gasteiger charge is 1.97. The van der Waals surface area contributed by atoms with Crippen LogP contribution < -0.4 is 17.2 Å². The van der Waals surface area contributed by atoms with Gasteiger partial charge in [-0.15, -0.1) is 0 Å². The lowest BCUT2D eigenvalue weighted by molar-refractivity contribution is 0.238. The van der Waals surface area contributed by atoms with E-state index >= 15 is 0 Å². The summed E-state index contributed by atoms with van der Waals surface area (Å²) >= 11 is 0. The Labute approximate surface area is 241 Å². The molecule has 17 heteroatoms. The van der Waals surface area contributed by atoms with Crippen LogP contribution in [0.2, 0.25) is 0 Å². The molecular formula is C23H75N3O14. The Hall–Kier alpha value is -0.680. The molecular weight excluding hydrogens is 542 g/mol. The SMILES string of the molecule is CCCCC(C)N.CCCCC[C@H](N)CO.NC(CO)CCCO.O.O.O.O.O.O.O.O.O.OCCCCCO. The number of nitrogens with two attached hydrogens (primary N) is 3. The molecule has 0 bridgehead atoms. The summed E-state index contributed by atoms with van der Waals surface area (Å²) in [5.41, 5.74) is 16.2. The van der Waals surface area contributed by atoms with Crippen molar-refractivity contribution in [3.05, 3.63) is 0 Å². The highest BCUT2D eigenvalue weighted by molar-refractivity contribution is 4.57. The Morgan fingerprint density at radius 1 is 0.425 bits per heavy atom. The zero-order chi connectivity index (χ0) is 24.8. The molecule has 0 radical (unpaired) electrons. The lowest BCUT2D eigenvalue weighted by atomic mass is 10.1. The summed E-state index contributed by atoms with van der Waals surface area (Å²) < 4.78 is 0. The highest BCUT2D eigenvalue weighted by Crippen LogP contribution is 2.00. The van der Waals surface area contributed by atoms with E-state index in [1.54, 1.807) is 0 Å². The molecule has 0 fully saturated rings.